The van der Waals surface area contributed by atoms with Crippen molar-refractivity contribution >= 4 is 39.5 Å². The average molecular weight is 1270 g/mol. The number of unbranched alkanes of at least 4 members (excludes halogenated alkanes) is 36. The van der Waals surface area contributed by atoms with Gasteiger partial charge in [0.2, 0.25) is 0 Å². The minimum Gasteiger partial charge on any atom is -0.462 e. The lowest BCUT2D eigenvalue weighted by atomic mass is 10.0. The number of esters is 4. The zero-order valence-electron chi connectivity index (χ0n) is 55.6. The Labute approximate surface area is 524 Å². The Morgan fingerprint density at radius 3 is 0.791 bits per heavy atom. The van der Waals surface area contributed by atoms with Crippen molar-refractivity contribution in [1.29, 1.82) is 0 Å². The van der Waals surface area contributed by atoms with E-state index in [1.807, 2.05) is 0 Å². The van der Waals surface area contributed by atoms with Crippen LogP contribution in [0.5, 0.6) is 0 Å². The van der Waals surface area contributed by atoms with Crippen LogP contribution < -0.4 is 0 Å². The first kappa shape index (κ1) is 84.1. The maximum Gasteiger partial charge on any atom is 0.472 e. The minimum atomic E-state index is -4.95. The fourth-order valence-corrected chi connectivity index (χ4v) is 11.6. The lowest BCUT2D eigenvalue weighted by Gasteiger charge is -2.21. The lowest BCUT2D eigenvalue weighted by Crippen LogP contribution is -2.30. The minimum absolute atomic E-state index is 0.105. The molecule has 3 N–H and O–H groups in total. The van der Waals surface area contributed by atoms with Crippen molar-refractivity contribution in [3.63, 3.8) is 0 Å². The highest BCUT2D eigenvalue weighted by molar-refractivity contribution is 7.47. The zero-order valence-corrected chi connectivity index (χ0v) is 57.4. The van der Waals surface area contributed by atoms with Gasteiger partial charge in [0.05, 0.1) is 26.4 Å². The van der Waals surface area contributed by atoms with Crippen molar-refractivity contribution in [2.75, 3.05) is 39.6 Å². The summed E-state index contributed by atoms with van der Waals surface area (Å²) >= 11 is 0. The topological polar surface area (TPSA) is 237 Å². The van der Waals surface area contributed by atoms with Crippen LogP contribution in [0.2, 0.25) is 0 Å². The Hall–Kier alpha value is -1.94. The molecule has 0 saturated carbocycles. The highest BCUT2D eigenvalue weighted by atomic mass is 31.2. The number of carbonyl (C=O) groups excluding carboxylic acids is 4. The molecule has 0 heterocycles. The van der Waals surface area contributed by atoms with Crippen LogP contribution in [0.15, 0.2) is 0 Å². The molecule has 0 fully saturated rings. The van der Waals surface area contributed by atoms with Crippen molar-refractivity contribution < 1.29 is 80.2 Å². The monoisotopic (exact) mass is 1270 g/mol. The fourth-order valence-electron chi connectivity index (χ4n) is 10.1. The first-order valence-corrected chi connectivity index (χ1v) is 38.0. The molecular weight excluding hydrogens is 1140 g/mol. The van der Waals surface area contributed by atoms with Crippen molar-refractivity contribution in [2.24, 2.45) is 11.8 Å². The molecule has 0 spiro atoms. The molecule has 0 amide bonds. The van der Waals surface area contributed by atoms with Crippen LogP contribution >= 0.6 is 15.6 Å². The molecule has 0 saturated heterocycles. The molecule has 0 aliphatic rings. The number of phosphoric ester groups is 2. The second kappa shape index (κ2) is 59.4. The summed E-state index contributed by atoms with van der Waals surface area (Å²) in [4.78, 5) is 72.1. The van der Waals surface area contributed by atoms with Crippen LogP contribution in [0.25, 0.3) is 0 Å². The van der Waals surface area contributed by atoms with Crippen LogP contribution in [0.4, 0.5) is 0 Å². The van der Waals surface area contributed by atoms with E-state index in [9.17, 15) is 43.2 Å². The second-order valence-corrected chi connectivity index (χ2v) is 28.1. The van der Waals surface area contributed by atoms with E-state index in [1.54, 1.807) is 0 Å². The SMILES string of the molecule is CCCCCCCCCCCC(=O)O[C@H](COC(=O)CCCCCCC)COP(=O)(O)OC[C@H](O)COP(=O)(O)OC[C@@H](COC(=O)CCCCCCCCCCCCCC(C)C)OC(=O)CCCCCCCCCCCCCCCCCC(C)C. The molecule has 17 nitrogen and oxygen atoms in total. The van der Waals surface area contributed by atoms with Gasteiger partial charge in [-0.15, -0.1) is 0 Å². The van der Waals surface area contributed by atoms with Crippen LogP contribution in [-0.4, -0.2) is 96.7 Å². The van der Waals surface area contributed by atoms with Crippen LogP contribution in [-0.2, 0) is 65.4 Å². The van der Waals surface area contributed by atoms with Crippen LogP contribution in [0, 0.1) is 11.8 Å². The Morgan fingerprint density at radius 1 is 0.314 bits per heavy atom. The maximum atomic E-state index is 13.0. The van der Waals surface area contributed by atoms with Crippen molar-refractivity contribution in [3.8, 4) is 0 Å². The highest BCUT2D eigenvalue weighted by Crippen LogP contribution is 2.45. The van der Waals surface area contributed by atoms with E-state index >= 15 is 0 Å². The van der Waals surface area contributed by atoms with Gasteiger partial charge in [0.25, 0.3) is 0 Å². The average Bonchev–Trinajstić information content (AvgIpc) is 3.62. The molecule has 5 atom stereocenters. The van der Waals surface area contributed by atoms with Gasteiger partial charge in [0, 0.05) is 25.7 Å². The molecule has 0 rings (SSSR count). The molecule has 0 aromatic rings. The van der Waals surface area contributed by atoms with Gasteiger partial charge >= 0.3 is 39.5 Å². The third-order valence-corrected chi connectivity index (χ3v) is 17.4. The standard InChI is InChI=1S/C67H130O17P2/c1-7-9-11-13-14-25-33-39-45-51-66(71)83-62(55-77-64(69)49-43-35-12-10-8-2)57-81-85(73,74)79-53-61(68)54-80-86(75,76)82-58-63(56-78-65(70)50-44-38-32-28-24-20-22-27-31-37-42-48-60(5)6)84-67(72)52-46-40-34-29-23-19-17-15-16-18-21-26-30-36-41-47-59(3)4/h59-63,68H,7-58H2,1-6H3,(H,73,74)(H,75,76)/t61-,62+,63+/m0/s1. The van der Waals surface area contributed by atoms with E-state index in [0.717, 1.165) is 108 Å². The lowest BCUT2D eigenvalue weighted by molar-refractivity contribution is -0.161. The van der Waals surface area contributed by atoms with Crippen LogP contribution in [0.3, 0.4) is 0 Å². The normalized spacial score (nSPS) is 14.2. The molecule has 0 aromatic heterocycles. The smallest absolute Gasteiger partial charge is 0.462 e. The highest BCUT2D eigenvalue weighted by Gasteiger charge is 2.30. The summed E-state index contributed by atoms with van der Waals surface area (Å²) in [5, 5.41) is 10.5. The van der Waals surface area contributed by atoms with E-state index < -0.39 is 97.5 Å². The summed E-state index contributed by atoms with van der Waals surface area (Å²) in [5.41, 5.74) is 0. The summed E-state index contributed by atoms with van der Waals surface area (Å²) in [7, 11) is -9.88. The summed E-state index contributed by atoms with van der Waals surface area (Å²) in [6.07, 6.45) is 43.5. The molecule has 86 heavy (non-hydrogen) atoms. The first-order valence-electron chi connectivity index (χ1n) is 35.0. The fraction of sp³-hybridized carbons (Fsp3) is 0.940. The first-order chi connectivity index (χ1) is 41.4. The van der Waals surface area contributed by atoms with Crippen molar-refractivity contribution in [1.82, 2.24) is 0 Å². The Morgan fingerprint density at radius 2 is 0.535 bits per heavy atom. The molecule has 510 valence electrons. The summed E-state index contributed by atoms with van der Waals surface area (Å²) < 4.78 is 67.9. The van der Waals surface area contributed by atoms with Crippen LogP contribution in [0.1, 0.15) is 337 Å². The molecule has 0 bridgehead atoms. The van der Waals surface area contributed by atoms with E-state index in [1.165, 1.54) is 148 Å². The summed E-state index contributed by atoms with van der Waals surface area (Å²) in [6, 6.07) is 0. The summed E-state index contributed by atoms with van der Waals surface area (Å²) in [5.74, 6) is -0.567. The number of hydrogen-bond donors (Lipinski definition) is 3. The molecule has 0 aliphatic heterocycles. The van der Waals surface area contributed by atoms with Crippen molar-refractivity contribution in [3.05, 3.63) is 0 Å². The molecule has 2 unspecified atom stereocenters. The van der Waals surface area contributed by atoms with Gasteiger partial charge < -0.3 is 33.8 Å². The van der Waals surface area contributed by atoms with Gasteiger partial charge in [-0.3, -0.25) is 37.3 Å². The predicted octanol–water partition coefficient (Wildman–Crippen LogP) is 18.8. The van der Waals surface area contributed by atoms with E-state index in [4.69, 9.17) is 37.0 Å². The quantitative estimate of drug-likeness (QED) is 0.0222. The van der Waals surface area contributed by atoms with Gasteiger partial charge in [0.15, 0.2) is 12.2 Å². The summed E-state index contributed by atoms with van der Waals surface area (Å²) in [6.45, 7) is 9.45. The molecule has 19 heteroatoms. The van der Waals surface area contributed by atoms with Gasteiger partial charge in [0.1, 0.15) is 19.3 Å². The van der Waals surface area contributed by atoms with E-state index in [0.29, 0.717) is 25.7 Å². The second-order valence-electron chi connectivity index (χ2n) is 25.2. The number of hydrogen-bond acceptors (Lipinski definition) is 15. The molecule has 0 aromatic carbocycles. The number of rotatable bonds is 66. The third kappa shape index (κ3) is 60.9. The van der Waals surface area contributed by atoms with Gasteiger partial charge in [-0.05, 0) is 37.5 Å². The Bertz CT molecular complexity index is 1680. The molecule has 0 radical (unpaired) electrons. The Kier molecular flexibility index (Phi) is 58.0. The number of aliphatic hydroxyl groups is 1. The van der Waals surface area contributed by atoms with E-state index in [-0.39, 0.29) is 25.7 Å². The molecule has 0 aliphatic carbocycles. The zero-order chi connectivity index (χ0) is 63.6. The predicted molar refractivity (Wildman–Crippen MR) is 345 cm³/mol. The molecular formula is C67H130O17P2. The number of phosphoric acid groups is 2. The van der Waals surface area contributed by atoms with Gasteiger partial charge in [-0.1, -0.05) is 286 Å². The number of carbonyl (C=O) groups is 4. The number of aliphatic hydroxyl groups excluding tert-OH is 1. The van der Waals surface area contributed by atoms with Gasteiger partial charge in [-0.2, -0.15) is 0 Å². The Balaban J connectivity index is 5.15. The number of ether oxygens (including phenoxy) is 4. The third-order valence-electron chi connectivity index (χ3n) is 15.5. The maximum absolute atomic E-state index is 13.0. The van der Waals surface area contributed by atoms with Gasteiger partial charge in [-0.25, -0.2) is 9.13 Å². The van der Waals surface area contributed by atoms with Crippen molar-refractivity contribution in [2.45, 2.75) is 355 Å². The largest absolute Gasteiger partial charge is 0.472 e. The van der Waals surface area contributed by atoms with E-state index in [2.05, 4.69) is 41.5 Å².